The first-order valence-corrected chi connectivity index (χ1v) is 8.38. The van der Waals surface area contributed by atoms with E-state index in [4.69, 9.17) is 5.73 Å². The maximum atomic E-state index is 12.6. The quantitative estimate of drug-likeness (QED) is 0.737. The average molecular weight is 336 g/mol. The highest BCUT2D eigenvalue weighted by molar-refractivity contribution is 5.95. The second-order valence-corrected chi connectivity index (χ2v) is 6.58. The predicted molar refractivity (Wildman–Crippen MR) is 92.7 cm³/mol. The second-order valence-electron chi connectivity index (χ2n) is 6.58. The third-order valence-corrected chi connectivity index (χ3v) is 4.80. The fraction of sp³-hybridized carbons (Fsp3) is 0.688. The van der Waals surface area contributed by atoms with E-state index in [0.717, 1.165) is 43.0 Å². The number of carbonyl (C=O) groups is 2. The molecule has 8 heteroatoms. The lowest BCUT2D eigenvalue weighted by atomic mass is 9.96. The summed E-state index contributed by atoms with van der Waals surface area (Å²) in [5.41, 5.74) is 7.68. The smallest absolute Gasteiger partial charge is 0.312 e. The lowest BCUT2D eigenvalue weighted by Gasteiger charge is -2.36. The molecule has 1 fully saturated rings. The molecule has 4 N–H and O–H groups in total. The number of nitrogens with zero attached hydrogens (tertiary/aromatic N) is 3. The van der Waals surface area contributed by atoms with Crippen molar-refractivity contribution in [3.63, 3.8) is 0 Å². The van der Waals surface area contributed by atoms with Crippen LogP contribution >= 0.6 is 0 Å². The van der Waals surface area contributed by atoms with E-state index in [1.165, 1.54) is 0 Å². The zero-order valence-corrected chi connectivity index (χ0v) is 14.9. The molecule has 1 aromatic rings. The number of hydrogen-bond acceptors (Lipinski definition) is 4. The number of nitrogens with two attached hydrogens (primary N) is 1. The fourth-order valence-corrected chi connectivity index (χ4v) is 3.21. The van der Waals surface area contributed by atoms with Gasteiger partial charge in [0, 0.05) is 20.1 Å². The van der Waals surface area contributed by atoms with E-state index in [0.29, 0.717) is 12.5 Å². The van der Waals surface area contributed by atoms with Crippen molar-refractivity contribution in [1.29, 1.82) is 0 Å². The van der Waals surface area contributed by atoms with Crippen LogP contribution in [0.5, 0.6) is 0 Å². The van der Waals surface area contributed by atoms with Crippen molar-refractivity contribution >= 4 is 17.6 Å². The number of anilines is 1. The SMILES string of the molecule is Cc1nn(C)c(C)c1NC(=O)C(C)N1CCCC(CNC(N)=O)C1. The maximum absolute atomic E-state index is 12.6. The Balaban J connectivity index is 1.95. The van der Waals surface area contributed by atoms with Crippen LogP contribution < -0.4 is 16.4 Å². The van der Waals surface area contributed by atoms with Gasteiger partial charge in [0.05, 0.1) is 23.1 Å². The minimum atomic E-state index is -0.500. The van der Waals surface area contributed by atoms with Crippen LogP contribution in [0.2, 0.25) is 0 Å². The number of rotatable bonds is 5. The third-order valence-electron chi connectivity index (χ3n) is 4.80. The normalized spacial score (nSPS) is 19.8. The molecule has 2 unspecified atom stereocenters. The van der Waals surface area contributed by atoms with E-state index in [1.807, 2.05) is 27.8 Å². The molecule has 2 rings (SSSR count). The molecule has 0 bridgehead atoms. The fourth-order valence-electron chi connectivity index (χ4n) is 3.21. The molecule has 1 aliphatic heterocycles. The van der Waals surface area contributed by atoms with Crippen molar-refractivity contribution in [2.75, 3.05) is 25.0 Å². The molecule has 1 saturated heterocycles. The highest BCUT2D eigenvalue weighted by atomic mass is 16.2. The van der Waals surface area contributed by atoms with Crippen LogP contribution in [0.3, 0.4) is 0 Å². The summed E-state index contributed by atoms with van der Waals surface area (Å²) in [4.78, 5) is 25.6. The number of urea groups is 1. The van der Waals surface area contributed by atoms with E-state index in [-0.39, 0.29) is 11.9 Å². The maximum Gasteiger partial charge on any atom is 0.312 e. The van der Waals surface area contributed by atoms with Gasteiger partial charge in [0.15, 0.2) is 0 Å². The Labute approximate surface area is 142 Å². The number of carbonyl (C=O) groups excluding carboxylic acids is 2. The summed E-state index contributed by atoms with van der Waals surface area (Å²) in [7, 11) is 1.86. The Bertz CT molecular complexity index is 612. The molecule has 0 aromatic carbocycles. The lowest BCUT2D eigenvalue weighted by molar-refractivity contribution is -0.121. The standard InChI is InChI=1S/C16H28N6O2/c1-10-14(11(2)21(4)20-10)19-15(23)12(3)22-7-5-6-13(9-22)8-18-16(17)24/h12-13H,5-9H2,1-4H3,(H,19,23)(H3,17,18,24). The van der Waals surface area contributed by atoms with Gasteiger partial charge < -0.3 is 16.4 Å². The summed E-state index contributed by atoms with van der Waals surface area (Å²) in [5.74, 6) is 0.293. The highest BCUT2D eigenvalue weighted by Crippen LogP contribution is 2.21. The Morgan fingerprint density at radius 2 is 2.12 bits per heavy atom. The molecule has 1 aliphatic rings. The lowest BCUT2D eigenvalue weighted by Crippen LogP contribution is -2.49. The number of piperidine rings is 1. The number of primary amides is 1. The molecule has 0 aliphatic carbocycles. The number of aromatic nitrogens is 2. The van der Waals surface area contributed by atoms with Gasteiger partial charge in [0.25, 0.3) is 0 Å². The number of likely N-dealkylation sites (tertiary alicyclic amines) is 1. The molecule has 0 spiro atoms. The largest absolute Gasteiger partial charge is 0.352 e. The Morgan fingerprint density at radius 1 is 1.42 bits per heavy atom. The van der Waals surface area contributed by atoms with Crippen molar-refractivity contribution < 1.29 is 9.59 Å². The van der Waals surface area contributed by atoms with Crippen LogP contribution in [0.25, 0.3) is 0 Å². The number of hydrogen-bond donors (Lipinski definition) is 3. The highest BCUT2D eigenvalue weighted by Gasteiger charge is 2.28. The van der Waals surface area contributed by atoms with Gasteiger partial charge in [0.1, 0.15) is 0 Å². The first-order chi connectivity index (χ1) is 11.3. The van der Waals surface area contributed by atoms with Crippen LogP contribution in [-0.2, 0) is 11.8 Å². The minimum absolute atomic E-state index is 0.0299. The summed E-state index contributed by atoms with van der Waals surface area (Å²) in [6.07, 6.45) is 2.04. The summed E-state index contributed by atoms with van der Waals surface area (Å²) in [6.45, 7) is 7.96. The van der Waals surface area contributed by atoms with Crippen molar-refractivity contribution in [3.8, 4) is 0 Å². The molecule has 3 amide bonds. The zero-order chi connectivity index (χ0) is 17.9. The van der Waals surface area contributed by atoms with Crippen LogP contribution in [0.1, 0.15) is 31.2 Å². The molecule has 2 heterocycles. The van der Waals surface area contributed by atoms with E-state index in [9.17, 15) is 9.59 Å². The first-order valence-electron chi connectivity index (χ1n) is 8.38. The van der Waals surface area contributed by atoms with Gasteiger partial charge >= 0.3 is 6.03 Å². The Kier molecular flexibility index (Phi) is 5.82. The van der Waals surface area contributed by atoms with Crippen molar-refractivity contribution in [1.82, 2.24) is 20.0 Å². The molecule has 1 aromatic heterocycles. The molecule has 134 valence electrons. The Morgan fingerprint density at radius 3 is 2.71 bits per heavy atom. The zero-order valence-electron chi connectivity index (χ0n) is 14.9. The second kappa shape index (κ2) is 7.65. The first kappa shape index (κ1) is 18.3. The summed E-state index contributed by atoms with van der Waals surface area (Å²) in [5, 5.41) is 9.99. The van der Waals surface area contributed by atoms with Crippen LogP contribution in [0.15, 0.2) is 0 Å². The molecular weight excluding hydrogens is 308 g/mol. The summed E-state index contributed by atoms with van der Waals surface area (Å²) in [6, 6.07) is -0.735. The summed E-state index contributed by atoms with van der Waals surface area (Å²) >= 11 is 0. The van der Waals surface area contributed by atoms with Gasteiger partial charge in [0.2, 0.25) is 5.91 Å². The third kappa shape index (κ3) is 4.25. The van der Waals surface area contributed by atoms with Crippen molar-refractivity contribution in [3.05, 3.63) is 11.4 Å². The van der Waals surface area contributed by atoms with E-state index in [2.05, 4.69) is 20.6 Å². The molecule has 24 heavy (non-hydrogen) atoms. The van der Waals surface area contributed by atoms with Gasteiger partial charge in [-0.3, -0.25) is 14.4 Å². The number of amides is 3. The topological polar surface area (TPSA) is 105 Å². The van der Waals surface area contributed by atoms with Crippen LogP contribution in [0.4, 0.5) is 10.5 Å². The monoisotopic (exact) mass is 336 g/mol. The number of nitrogens with one attached hydrogen (secondary N) is 2. The van der Waals surface area contributed by atoms with E-state index >= 15 is 0 Å². The number of aryl methyl sites for hydroxylation is 2. The molecule has 2 atom stereocenters. The van der Waals surface area contributed by atoms with E-state index < -0.39 is 6.03 Å². The van der Waals surface area contributed by atoms with Gasteiger partial charge in [-0.15, -0.1) is 0 Å². The van der Waals surface area contributed by atoms with Gasteiger partial charge in [-0.25, -0.2) is 4.79 Å². The van der Waals surface area contributed by atoms with Crippen molar-refractivity contribution in [2.24, 2.45) is 18.7 Å². The van der Waals surface area contributed by atoms with Gasteiger partial charge in [-0.1, -0.05) is 0 Å². The Hall–Kier alpha value is -2.09. The molecular formula is C16H28N6O2. The van der Waals surface area contributed by atoms with Crippen LogP contribution in [0, 0.1) is 19.8 Å². The van der Waals surface area contributed by atoms with Crippen LogP contribution in [-0.4, -0.2) is 52.3 Å². The average Bonchev–Trinajstić information content (AvgIpc) is 2.78. The van der Waals surface area contributed by atoms with Gasteiger partial charge in [-0.2, -0.15) is 5.10 Å². The minimum Gasteiger partial charge on any atom is -0.352 e. The predicted octanol–water partition coefficient (Wildman–Crippen LogP) is 0.744. The van der Waals surface area contributed by atoms with E-state index in [1.54, 1.807) is 4.68 Å². The molecule has 8 nitrogen and oxygen atoms in total. The molecule has 0 saturated carbocycles. The van der Waals surface area contributed by atoms with Crippen molar-refractivity contribution in [2.45, 2.75) is 39.7 Å². The summed E-state index contributed by atoms with van der Waals surface area (Å²) < 4.78 is 1.77. The molecule has 0 radical (unpaired) electrons. The van der Waals surface area contributed by atoms with Gasteiger partial charge in [-0.05, 0) is 46.1 Å².